The number of amides is 1. The number of hydrogen-bond acceptors (Lipinski definition) is 6. The molecule has 0 spiro atoms. The first kappa shape index (κ1) is 36.8. The molecule has 0 radical (unpaired) electrons. The third-order valence-electron chi connectivity index (χ3n) is 8.98. The van der Waals surface area contributed by atoms with Crippen LogP contribution in [0.1, 0.15) is 78.1 Å². The molecular formula is C38H43N6NaO3. The van der Waals surface area contributed by atoms with Gasteiger partial charge in [0.1, 0.15) is 0 Å². The average Bonchev–Trinajstić information content (AvgIpc) is 3.70. The Bertz CT molecular complexity index is 2030. The summed E-state index contributed by atoms with van der Waals surface area (Å²) in [5, 5.41) is 14.5. The minimum Gasteiger partial charge on any atom is -0.550 e. The second-order valence-electron chi connectivity index (χ2n) is 12.5. The summed E-state index contributed by atoms with van der Waals surface area (Å²) >= 11 is 0. The van der Waals surface area contributed by atoms with Crippen molar-refractivity contribution in [1.82, 2.24) is 30.2 Å². The predicted molar refractivity (Wildman–Crippen MR) is 190 cm³/mol. The molecule has 0 unspecified atom stereocenters. The van der Waals surface area contributed by atoms with E-state index in [1.807, 2.05) is 83.1 Å². The largest absolute Gasteiger partial charge is 1.00 e. The molecule has 3 aromatic rings. The molecule has 5 rings (SSSR count). The van der Waals surface area contributed by atoms with E-state index in [0.717, 1.165) is 90.2 Å². The van der Waals surface area contributed by atoms with Crippen LogP contribution in [0.4, 0.5) is 0 Å². The van der Waals surface area contributed by atoms with Crippen LogP contribution in [0.5, 0.6) is 0 Å². The van der Waals surface area contributed by atoms with Crippen molar-refractivity contribution < 1.29 is 44.3 Å². The van der Waals surface area contributed by atoms with Gasteiger partial charge in [-0.25, -0.2) is 9.97 Å². The molecule has 0 atom stereocenters. The van der Waals surface area contributed by atoms with Crippen LogP contribution in [0.25, 0.3) is 50.4 Å². The van der Waals surface area contributed by atoms with Gasteiger partial charge in [0.25, 0.3) is 0 Å². The summed E-state index contributed by atoms with van der Waals surface area (Å²) in [5.74, 6) is -1.13. The monoisotopic (exact) mass is 654 g/mol. The van der Waals surface area contributed by atoms with Crippen LogP contribution in [0.3, 0.4) is 0 Å². The van der Waals surface area contributed by atoms with Gasteiger partial charge in [0.2, 0.25) is 5.91 Å². The zero-order chi connectivity index (χ0) is 34.0. The smallest absolute Gasteiger partial charge is 0.550 e. The normalized spacial score (nSPS) is 12.7. The Kier molecular flexibility index (Phi) is 11.9. The van der Waals surface area contributed by atoms with Gasteiger partial charge in [-0.3, -0.25) is 4.79 Å². The van der Waals surface area contributed by atoms with E-state index in [4.69, 9.17) is 9.97 Å². The molecule has 244 valence electrons. The van der Waals surface area contributed by atoms with Crippen molar-refractivity contribution in [2.24, 2.45) is 0 Å². The number of carbonyl (C=O) groups excluding carboxylic acids is 2. The molecule has 9 nitrogen and oxygen atoms in total. The fourth-order valence-electron chi connectivity index (χ4n) is 6.31. The van der Waals surface area contributed by atoms with Gasteiger partial charge in [0.15, 0.2) is 0 Å². The average molecular weight is 655 g/mol. The topological polar surface area (TPSA) is 130 Å². The molecule has 0 saturated carbocycles. The SMILES string of the molecule is C=CC1=C(C)c2cc3[nH]c(cc4nc(cc5cc(C)c([nH]5)c(CCC(=O)NCCN(C)C)c1n2)C(CCC(=O)[O-])=C4C)c(C)c3C=C.[Na+]. The standard InChI is InChI=1S/C38H44N6O3.Na/c1-9-26-22(4)30-19-31-24(6)28(12-14-36(46)47)33(41-31)18-25-17-21(3)37(40-25)29(11-13-35(45)39-15-16-44(7)8)38-27(10-2)23(5)32(43-38)20-34(26)42-30;/h9-10,17-20,40,42H,1-2,11-16H2,3-8H3,(H,39,45)(H,46,47);/q;+1/p-1. The number of rotatable bonds is 11. The number of nitrogens with one attached hydrogen (secondary N) is 3. The van der Waals surface area contributed by atoms with Gasteiger partial charge in [-0.05, 0) is 113 Å². The first-order chi connectivity index (χ1) is 22.4. The summed E-state index contributed by atoms with van der Waals surface area (Å²) in [6.07, 6.45) is 4.61. The maximum absolute atomic E-state index is 13.0. The summed E-state index contributed by atoms with van der Waals surface area (Å²) in [5.41, 5.74) is 14.1. The van der Waals surface area contributed by atoms with E-state index >= 15 is 0 Å². The third-order valence-corrected chi connectivity index (χ3v) is 8.98. The Morgan fingerprint density at radius 1 is 0.896 bits per heavy atom. The quantitative estimate of drug-likeness (QED) is 0.273. The molecule has 0 aliphatic carbocycles. The fraction of sp³-hybridized carbons (Fsp3) is 0.316. The summed E-state index contributed by atoms with van der Waals surface area (Å²) in [7, 11) is 3.95. The van der Waals surface area contributed by atoms with Gasteiger partial charge in [-0.1, -0.05) is 25.3 Å². The number of fused-ring (bicyclic) bond motifs is 8. The van der Waals surface area contributed by atoms with Gasteiger partial charge in [-0.2, -0.15) is 0 Å². The van der Waals surface area contributed by atoms with Crippen molar-refractivity contribution in [2.45, 2.75) is 53.4 Å². The second-order valence-corrected chi connectivity index (χ2v) is 12.5. The van der Waals surface area contributed by atoms with E-state index in [1.54, 1.807) is 0 Å². The van der Waals surface area contributed by atoms with Crippen molar-refractivity contribution in [2.75, 3.05) is 27.2 Å². The number of aromatic amines is 2. The maximum Gasteiger partial charge on any atom is 1.00 e. The van der Waals surface area contributed by atoms with E-state index in [0.29, 0.717) is 25.1 Å². The second kappa shape index (κ2) is 15.5. The van der Waals surface area contributed by atoms with Crippen LogP contribution in [0.2, 0.25) is 0 Å². The Hall–Kier alpha value is -4.02. The van der Waals surface area contributed by atoms with Gasteiger partial charge in [0.05, 0.1) is 22.8 Å². The summed E-state index contributed by atoms with van der Waals surface area (Å²) in [6.45, 7) is 17.6. The fourth-order valence-corrected chi connectivity index (χ4v) is 6.31. The number of carbonyl (C=O) groups is 2. The van der Waals surface area contributed by atoms with Crippen molar-refractivity contribution in [3.63, 3.8) is 0 Å². The number of aliphatic carboxylic acids is 1. The molecule has 10 heteroatoms. The molecular weight excluding hydrogens is 611 g/mol. The Balaban J connectivity index is 0.00000520. The first-order valence-electron chi connectivity index (χ1n) is 15.9. The number of carboxylic acid groups (broad SMARTS) is 1. The van der Waals surface area contributed by atoms with Crippen LogP contribution >= 0.6 is 0 Å². The van der Waals surface area contributed by atoms with Gasteiger partial charge in [0, 0.05) is 64.2 Å². The first-order valence-corrected chi connectivity index (χ1v) is 15.9. The van der Waals surface area contributed by atoms with Crippen LogP contribution < -0.4 is 40.0 Å². The molecule has 3 aromatic heterocycles. The van der Waals surface area contributed by atoms with Gasteiger partial charge >= 0.3 is 29.6 Å². The van der Waals surface area contributed by atoms with Crippen molar-refractivity contribution in [1.29, 1.82) is 0 Å². The number of likely N-dealkylation sites (N-methyl/N-ethyl adjacent to an activating group) is 1. The number of aromatic nitrogens is 4. The van der Waals surface area contributed by atoms with E-state index in [1.165, 1.54) is 0 Å². The molecule has 5 heterocycles. The van der Waals surface area contributed by atoms with E-state index < -0.39 is 5.97 Å². The summed E-state index contributed by atoms with van der Waals surface area (Å²) < 4.78 is 0. The predicted octanol–water partition coefficient (Wildman–Crippen LogP) is 2.77. The van der Waals surface area contributed by atoms with Crippen molar-refractivity contribution in [3.8, 4) is 0 Å². The number of carboxylic acids is 1. The molecule has 2 aliphatic heterocycles. The zero-order valence-corrected chi connectivity index (χ0v) is 31.2. The Labute approximate surface area is 304 Å². The Morgan fingerprint density at radius 2 is 1.60 bits per heavy atom. The molecule has 0 fully saturated rings. The van der Waals surface area contributed by atoms with Crippen LogP contribution in [0.15, 0.2) is 43.5 Å². The maximum atomic E-state index is 13.0. The molecule has 0 saturated heterocycles. The molecule has 8 bridgehead atoms. The molecule has 2 aliphatic rings. The van der Waals surface area contributed by atoms with Gasteiger partial charge < -0.3 is 30.1 Å². The number of H-pyrrole nitrogens is 2. The minimum atomic E-state index is -1.10. The van der Waals surface area contributed by atoms with Crippen LogP contribution in [0, 0.1) is 13.8 Å². The number of aryl methyl sites for hydroxylation is 3. The minimum absolute atomic E-state index is 0. The summed E-state index contributed by atoms with van der Waals surface area (Å²) in [6, 6.07) is 8.05. The summed E-state index contributed by atoms with van der Waals surface area (Å²) in [4.78, 5) is 43.8. The van der Waals surface area contributed by atoms with E-state index in [2.05, 4.69) is 28.4 Å². The van der Waals surface area contributed by atoms with Gasteiger partial charge in [-0.15, -0.1) is 0 Å². The molecule has 48 heavy (non-hydrogen) atoms. The zero-order valence-electron chi connectivity index (χ0n) is 29.2. The van der Waals surface area contributed by atoms with Crippen LogP contribution in [-0.2, 0) is 16.0 Å². The number of nitrogens with zero attached hydrogens (tertiary/aromatic N) is 3. The van der Waals surface area contributed by atoms with E-state index in [9.17, 15) is 14.7 Å². The Morgan fingerprint density at radius 3 is 2.27 bits per heavy atom. The third kappa shape index (κ3) is 7.65. The van der Waals surface area contributed by atoms with Crippen molar-refractivity contribution >= 4 is 62.3 Å². The molecule has 3 N–H and O–H groups in total. The van der Waals surface area contributed by atoms with E-state index in [-0.39, 0.29) is 48.3 Å². The van der Waals surface area contributed by atoms with Crippen LogP contribution in [-0.4, -0.2) is 63.9 Å². The number of allylic oxidation sites excluding steroid dienone is 5. The molecule has 0 aromatic carbocycles. The van der Waals surface area contributed by atoms with Crippen molar-refractivity contribution in [3.05, 3.63) is 88.5 Å². The number of hydrogen-bond donors (Lipinski definition) is 3. The molecule has 1 amide bonds.